The Morgan fingerprint density at radius 1 is 1.39 bits per heavy atom. The van der Waals surface area contributed by atoms with Crippen molar-refractivity contribution in [1.29, 1.82) is 0 Å². The van der Waals surface area contributed by atoms with Crippen LogP contribution >= 0.6 is 0 Å². The van der Waals surface area contributed by atoms with E-state index in [1.165, 1.54) is 0 Å². The first-order chi connectivity index (χ1) is 8.77. The lowest BCUT2D eigenvalue weighted by atomic mass is 10.1. The Bertz CT molecular complexity index is 563. The zero-order valence-corrected chi connectivity index (χ0v) is 9.62. The molecule has 0 spiro atoms. The number of esters is 1. The molecule has 0 unspecified atom stereocenters. The van der Waals surface area contributed by atoms with E-state index < -0.39 is 5.97 Å². The zero-order valence-electron chi connectivity index (χ0n) is 9.62. The number of nitrogens with zero attached hydrogens (tertiary/aromatic N) is 2. The van der Waals surface area contributed by atoms with Gasteiger partial charge in [-0.1, -0.05) is 35.5 Å². The van der Waals surface area contributed by atoms with Crippen LogP contribution in [-0.2, 0) is 4.74 Å². The van der Waals surface area contributed by atoms with E-state index in [9.17, 15) is 9.70 Å². The van der Waals surface area contributed by atoms with Gasteiger partial charge >= 0.3 is 5.97 Å². The van der Waals surface area contributed by atoms with Crippen LogP contribution < -0.4 is 0 Å². The molecule has 2 rings (SSSR count). The van der Waals surface area contributed by atoms with E-state index in [-0.39, 0.29) is 23.7 Å². The molecule has 0 aliphatic heterocycles. The van der Waals surface area contributed by atoms with Crippen LogP contribution in [0.1, 0.15) is 17.4 Å². The first kappa shape index (κ1) is 12.0. The number of hydrogen-bond donors (Lipinski definition) is 0. The lowest BCUT2D eigenvalue weighted by molar-refractivity contribution is 0.0515. The third-order valence-electron chi connectivity index (χ3n) is 2.26. The Kier molecular flexibility index (Phi) is 3.47. The maximum atomic E-state index is 11.5. The van der Waals surface area contributed by atoms with Gasteiger partial charge in [-0.2, -0.15) is 0 Å². The molecule has 1 aromatic heterocycles. The monoisotopic (exact) mass is 246 g/mol. The molecule has 92 valence electrons. The molecule has 0 bridgehead atoms. The highest BCUT2D eigenvalue weighted by Gasteiger charge is 2.24. The van der Waals surface area contributed by atoms with E-state index in [4.69, 9.17) is 9.26 Å². The van der Waals surface area contributed by atoms with E-state index in [0.717, 1.165) is 0 Å². The molecule has 2 aromatic rings. The third kappa shape index (κ3) is 2.13. The summed E-state index contributed by atoms with van der Waals surface area (Å²) in [5, 5.41) is 6.34. The molecule has 0 aliphatic carbocycles. The number of rotatable bonds is 4. The standard InChI is InChI=1S/C12H10N2O4/c1-2-17-12(15)10-9(13-16)11(18-14-10)8-6-4-3-5-7-8/h3-7H,2H2,1H3. The summed E-state index contributed by atoms with van der Waals surface area (Å²) < 4.78 is 9.75. The van der Waals surface area contributed by atoms with Crippen molar-refractivity contribution in [3.8, 4) is 11.3 Å². The van der Waals surface area contributed by atoms with Crippen LogP contribution in [0.4, 0.5) is 5.69 Å². The van der Waals surface area contributed by atoms with Crippen LogP contribution in [0.25, 0.3) is 11.3 Å². The highest BCUT2D eigenvalue weighted by atomic mass is 16.5. The highest BCUT2D eigenvalue weighted by molar-refractivity contribution is 5.95. The van der Waals surface area contributed by atoms with Crippen molar-refractivity contribution in [3.05, 3.63) is 40.9 Å². The van der Waals surface area contributed by atoms with E-state index >= 15 is 0 Å². The van der Waals surface area contributed by atoms with Gasteiger partial charge in [0.1, 0.15) is 0 Å². The molecule has 1 heterocycles. The van der Waals surface area contributed by atoms with Crippen molar-refractivity contribution in [3.63, 3.8) is 0 Å². The van der Waals surface area contributed by atoms with Gasteiger partial charge < -0.3 is 9.26 Å². The molecule has 0 N–H and O–H groups in total. The van der Waals surface area contributed by atoms with Crippen molar-refractivity contribution in [2.75, 3.05) is 6.61 Å². The van der Waals surface area contributed by atoms with Crippen molar-refractivity contribution < 1.29 is 14.1 Å². The van der Waals surface area contributed by atoms with E-state index in [0.29, 0.717) is 5.56 Å². The molecule has 0 saturated heterocycles. The van der Waals surface area contributed by atoms with Crippen molar-refractivity contribution in [1.82, 2.24) is 5.16 Å². The Hall–Kier alpha value is -2.50. The number of ether oxygens (including phenoxy) is 1. The van der Waals surface area contributed by atoms with Gasteiger partial charge in [0.05, 0.1) is 6.61 Å². The smallest absolute Gasteiger partial charge is 0.362 e. The Morgan fingerprint density at radius 3 is 2.72 bits per heavy atom. The zero-order chi connectivity index (χ0) is 13.0. The number of carbonyl (C=O) groups excluding carboxylic acids is 1. The summed E-state index contributed by atoms with van der Waals surface area (Å²) in [5.74, 6) is -0.563. The molecule has 0 radical (unpaired) electrons. The average molecular weight is 246 g/mol. The Morgan fingerprint density at radius 2 is 2.11 bits per heavy atom. The quantitative estimate of drug-likeness (QED) is 0.611. The van der Waals surface area contributed by atoms with Gasteiger partial charge in [0.25, 0.3) is 0 Å². The predicted octanol–water partition coefficient (Wildman–Crippen LogP) is 2.92. The molecule has 18 heavy (non-hydrogen) atoms. The van der Waals surface area contributed by atoms with Crippen LogP contribution in [-0.4, -0.2) is 17.7 Å². The summed E-state index contributed by atoms with van der Waals surface area (Å²) in [6.07, 6.45) is 0. The van der Waals surface area contributed by atoms with Crippen molar-refractivity contribution >= 4 is 11.7 Å². The minimum absolute atomic E-state index is 0.139. The van der Waals surface area contributed by atoms with Gasteiger partial charge in [-0.25, -0.2) is 4.79 Å². The van der Waals surface area contributed by atoms with E-state index in [1.54, 1.807) is 31.2 Å². The second-order valence-electron chi connectivity index (χ2n) is 3.39. The first-order valence-electron chi connectivity index (χ1n) is 5.33. The molecule has 6 nitrogen and oxygen atoms in total. The molecule has 6 heteroatoms. The molecule has 0 fully saturated rings. The van der Waals surface area contributed by atoms with E-state index in [1.807, 2.05) is 6.07 Å². The molecule has 1 aromatic carbocycles. The van der Waals surface area contributed by atoms with Crippen LogP contribution in [0.15, 0.2) is 40.0 Å². The molecule has 0 amide bonds. The van der Waals surface area contributed by atoms with Crippen LogP contribution in [0.2, 0.25) is 0 Å². The summed E-state index contributed by atoms with van der Waals surface area (Å²) in [6, 6.07) is 8.82. The van der Waals surface area contributed by atoms with Gasteiger partial charge in [-0.15, -0.1) is 4.91 Å². The third-order valence-corrected chi connectivity index (χ3v) is 2.26. The lowest BCUT2D eigenvalue weighted by Crippen LogP contribution is -2.04. The van der Waals surface area contributed by atoms with Crippen LogP contribution in [0.5, 0.6) is 0 Å². The maximum Gasteiger partial charge on any atom is 0.362 e. The van der Waals surface area contributed by atoms with Crippen LogP contribution in [0, 0.1) is 4.91 Å². The summed E-state index contributed by atoms with van der Waals surface area (Å²) in [5.41, 5.74) is 0.278. The second-order valence-corrected chi connectivity index (χ2v) is 3.39. The normalized spacial score (nSPS) is 10.1. The molecule has 0 aliphatic rings. The van der Waals surface area contributed by atoms with Crippen molar-refractivity contribution in [2.45, 2.75) is 6.92 Å². The minimum Gasteiger partial charge on any atom is -0.461 e. The highest BCUT2D eigenvalue weighted by Crippen LogP contribution is 2.33. The van der Waals surface area contributed by atoms with Gasteiger partial charge in [0.2, 0.25) is 5.69 Å². The summed E-state index contributed by atoms with van der Waals surface area (Å²) in [7, 11) is 0. The van der Waals surface area contributed by atoms with Crippen molar-refractivity contribution in [2.24, 2.45) is 5.18 Å². The molecule has 0 atom stereocenters. The maximum absolute atomic E-state index is 11.5. The largest absolute Gasteiger partial charge is 0.461 e. The summed E-state index contributed by atoms with van der Waals surface area (Å²) in [6.45, 7) is 1.84. The SMILES string of the molecule is CCOC(=O)c1noc(-c2ccccc2)c1N=O. The number of carbonyl (C=O) groups is 1. The summed E-state index contributed by atoms with van der Waals surface area (Å²) in [4.78, 5) is 22.4. The topological polar surface area (TPSA) is 81.8 Å². The van der Waals surface area contributed by atoms with Gasteiger partial charge in [0.15, 0.2) is 11.4 Å². The fraction of sp³-hybridized carbons (Fsp3) is 0.167. The van der Waals surface area contributed by atoms with Gasteiger partial charge in [-0.3, -0.25) is 0 Å². The fourth-order valence-electron chi connectivity index (χ4n) is 1.48. The molecular weight excluding hydrogens is 236 g/mol. The van der Waals surface area contributed by atoms with Gasteiger partial charge in [-0.05, 0) is 12.1 Å². The molecular formula is C12H10N2O4. The molecule has 0 saturated carbocycles. The minimum atomic E-state index is -0.724. The lowest BCUT2D eigenvalue weighted by Gasteiger charge is -1.97. The number of benzene rings is 1. The number of nitroso groups, excluding NO2 is 1. The van der Waals surface area contributed by atoms with Gasteiger partial charge in [0, 0.05) is 5.56 Å². The number of aromatic nitrogens is 1. The predicted molar refractivity (Wildman–Crippen MR) is 63.4 cm³/mol. The average Bonchev–Trinajstić information content (AvgIpc) is 2.83. The second kappa shape index (κ2) is 5.22. The Labute approximate surface area is 103 Å². The van der Waals surface area contributed by atoms with E-state index in [2.05, 4.69) is 10.3 Å². The van der Waals surface area contributed by atoms with Crippen LogP contribution in [0.3, 0.4) is 0 Å². The number of hydrogen-bond acceptors (Lipinski definition) is 6. The Balaban J connectivity index is 2.46. The fourth-order valence-corrected chi connectivity index (χ4v) is 1.48. The first-order valence-corrected chi connectivity index (χ1v) is 5.33. The summed E-state index contributed by atoms with van der Waals surface area (Å²) >= 11 is 0.